The van der Waals surface area contributed by atoms with Gasteiger partial charge in [-0.15, -0.1) is 0 Å². The second-order valence-electron chi connectivity index (χ2n) is 7.50. The first-order valence-corrected chi connectivity index (χ1v) is 9.82. The maximum atomic E-state index is 6.50. The van der Waals surface area contributed by atoms with Crippen molar-refractivity contribution < 1.29 is 14.2 Å². The molecule has 4 nitrogen and oxygen atoms in total. The Morgan fingerprint density at radius 1 is 1.11 bits per heavy atom. The van der Waals surface area contributed by atoms with Crippen LogP contribution in [-0.2, 0) is 4.74 Å². The van der Waals surface area contributed by atoms with Crippen molar-refractivity contribution in [3.05, 3.63) is 51.5 Å². The number of hydrogen-bond acceptors (Lipinski definition) is 4. The number of benzene rings is 2. The summed E-state index contributed by atoms with van der Waals surface area (Å²) in [5, 5.41) is 4.35. The largest absolute Gasteiger partial charge is 0.493 e. The molecular weight excluding hydrogens is 362 g/mol. The summed E-state index contributed by atoms with van der Waals surface area (Å²) in [6.45, 7) is 5.11. The average Bonchev–Trinajstić information content (AvgIpc) is 2.66. The van der Waals surface area contributed by atoms with Gasteiger partial charge in [0.2, 0.25) is 0 Å². The van der Waals surface area contributed by atoms with Gasteiger partial charge in [0.25, 0.3) is 0 Å². The first-order chi connectivity index (χ1) is 13.0. The van der Waals surface area contributed by atoms with Crippen molar-refractivity contribution in [3.63, 3.8) is 0 Å². The zero-order valence-electron chi connectivity index (χ0n) is 16.3. The molecule has 0 spiro atoms. The summed E-state index contributed by atoms with van der Waals surface area (Å²) < 4.78 is 17.2. The molecule has 0 aliphatic carbocycles. The molecule has 3 atom stereocenters. The van der Waals surface area contributed by atoms with Crippen LogP contribution in [0.4, 0.5) is 5.69 Å². The highest BCUT2D eigenvalue weighted by atomic mass is 35.5. The van der Waals surface area contributed by atoms with E-state index in [-0.39, 0.29) is 12.1 Å². The molecule has 2 heterocycles. The number of hydrogen-bond donors (Lipinski definition) is 1. The van der Waals surface area contributed by atoms with E-state index >= 15 is 0 Å². The summed E-state index contributed by atoms with van der Waals surface area (Å²) in [5.74, 6) is 1.57. The van der Waals surface area contributed by atoms with E-state index in [1.807, 2.05) is 12.1 Å². The van der Waals surface area contributed by atoms with Crippen molar-refractivity contribution in [1.82, 2.24) is 0 Å². The van der Waals surface area contributed by atoms with Gasteiger partial charge in [-0.2, -0.15) is 0 Å². The average molecular weight is 388 g/mol. The number of methoxy groups -OCH3 is 2. The number of ether oxygens (including phenoxy) is 3. The lowest BCUT2D eigenvalue weighted by atomic mass is 9.76. The lowest BCUT2D eigenvalue weighted by Gasteiger charge is -2.44. The van der Waals surface area contributed by atoms with Crippen LogP contribution in [0.1, 0.15) is 47.2 Å². The highest BCUT2D eigenvalue weighted by Gasteiger charge is 2.40. The molecule has 1 fully saturated rings. The zero-order valence-corrected chi connectivity index (χ0v) is 17.0. The maximum Gasteiger partial charge on any atom is 0.179 e. The van der Waals surface area contributed by atoms with Crippen LogP contribution in [0.15, 0.2) is 24.3 Å². The van der Waals surface area contributed by atoms with Crippen molar-refractivity contribution in [2.75, 3.05) is 26.1 Å². The summed E-state index contributed by atoms with van der Waals surface area (Å²) >= 11 is 6.50. The molecule has 0 aromatic heterocycles. The number of fused-ring (bicyclic) bond motifs is 3. The van der Waals surface area contributed by atoms with E-state index in [2.05, 4.69) is 31.3 Å². The Bertz CT molecular complexity index is 867. The number of rotatable bonds is 3. The topological polar surface area (TPSA) is 39.7 Å². The molecule has 0 amide bonds. The summed E-state index contributed by atoms with van der Waals surface area (Å²) in [5.41, 5.74) is 6.08. The van der Waals surface area contributed by atoms with Crippen LogP contribution in [0.2, 0.25) is 5.02 Å². The molecule has 2 aliphatic heterocycles. The van der Waals surface area contributed by atoms with Crippen molar-refractivity contribution in [3.8, 4) is 11.5 Å². The molecule has 1 N–H and O–H groups in total. The Kier molecular flexibility index (Phi) is 4.95. The molecule has 1 saturated heterocycles. The first-order valence-electron chi connectivity index (χ1n) is 9.44. The second-order valence-corrected chi connectivity index (χ2v) is 7.91. The van der Waals surface area contributed by atoms with E-state index in [9.17, 15) is 0 Å². The molecule has 4 rings (SSSR count). The molecule has 0 saturated carbocycles. The fourth-order valence-corrected chi connectivity index (χ4v) is 4.89. The molecular formula is C22H26ClNO3. The third kappa shape index (κ3) is 3.15. The number of halogens is 1. The molecule has 144 valence electrons. The van der Waals surface area contributed by atoms with Crippen molar-refractivity contribution in [2.45, 2.75) is 38.8 Å². The van der Waals surface area contributed by atoms with Gasteiger partial charge in [-0.05, 0) is 49.9 Å². The predicted molar refractivity (Wildman–Crippen MR) is 108 cm³/mol. The molecule has 2 aliphatic rings. The monoisotopic (exact) mass is 387 g/mol. The smallest absolute Gasteiger partial charge is 0.179 e. The highest BCUT2D eigenvalue weighted by molar-refractivity contribution is 6.32. The van der Waals surface area contributed by atoms with Gasteiger partial charge in [0.15, 0.2) is 11.5 Å². The molecule has 0 radical (unpaired) electrons. The minimum absolute atomic E-state index is 0.102. The molecule has 27 heavy (non-hydrogen) atoms. The first kappa shape index (κ1) is 18.5. The van der Waals surface area contributed by atoms with E-state index in [0.29, 0.717) is 22.4 Å². The molecule has 5 heteroatoms. The molecule has 0 bridgehead atoms. The third-order valence-electron chi connectivity index (χ3n) is 5.73. The van der Waals surface area contributed by atoms with Gasteiger partial charge >= 0.3 is 0 Å². The number of nitrogens with one attached hydrogen (secondary N) is 1. The number of aryl methyl sites for hydroxylation is 2. The SMILES string of the molecule is COc1cc(C2Nc3c(C)cc(C)cc3C3OCCCC23)cc(Cl)c1OC. The van der Waals surface area contributed by atoms with Gasteiger partial charge in [-0.1, -0.05) is 29.3 Å². The van der Waals surface area contributed by atoms with Crippen molar-refractivity contribution in [2.24, 2.45) is 5.92 Å². The van der Waals surface area contributed by atoms with E-state index in [4.69, 9.17) is 25.8 Å². The van der Waals surface area contributed by atoms with E-state index in [1.165, 1.54) is 22.4 Å². The lowest BCUT2D eigenvalue weighted by molar-refractivity contribution is -0.0382. The summed E-state index contributed by atoms with van der Waals surface area (Å²) in [7, 11) is 3.25. The minimum atomic E-state index is 0.102. The van der Waals surface area contributed by atoms with Gasteiger partial charge in [0.05, 0.1) is 31.4 Å². The van der Waals surface area contributed by atoms with Gasteiger partial charge in [0, 0.05) is 23.8 Å². The lowest BCUT2D eigenvalue weighted by Crippen LogP contribution is -2.36. The Balaban J connectivity index is 1.82. The standard InChI is InChI=1S/C22H26ClNO3/c1-12-8-13(2)19-16(9-12)21-15(6-5-7-27-21)20(24-19)14-10-17(23)22(26-4)18(11-14)25-3/h8-11,15,20-21,24H,5-7H2,1-4H3. The second kappa shape index (κ2) is 7.25. The normalized spacial score (nSPS) is 23.8. The fraction of sp³-hybridized carbons (Fsp3) is 0.455. The van der Waals surface area contributed by atoms with Crippen molar-refractivity contribution in [1.29, 1.82) is 0 Å². The molecule has 3 unspecified atom stereocenters. The molecule has 2 aromatic rings. The Labute approximate surface area is 165 Å². The zero-order chi connectivity index (χ0) is 19.1. The molecule has 2 aromatic carbocycles. The minimum Gasteiger partial charge on any atom is -0.493 e. The van der Waals surface area contributed by atoms with E-state index in [0.717, 1.165) is 25.0 Å². The van der Waals surface area contributed by atoms with Gasteiger partial charge in [-0.3, -0.25) is 0 Å². The third-order valence-corrected chi connectivity index (χ3v) is 6.01. The fourth-order valence-electron chi connectivity index (χ4n) is 4.60. The van der Waals surface area contributed by atoms with Crippen LogP contribution in [0.3, 0.4) is 0 Å². The van der Waals surface area contributed by atoms with Crippen LogP contribution in [0.5, 0.6) is 11.5 Å². The Hall–Kier alpha value is -1.91. The Morgan fingerprint density at radius 3 is 2.67 bits per heavy atom. The van der Waals surface area contributed by atoms with Crippen LogP contribution < -0.4 is 14.8 Å². The quantitative estimate of drug-likeness (QED) is 0.743. The maximum absolute atomic E-state index is 6.50. The van der Waals surface area contributed by atoms with Gasteiger partial charge < -0.3 is 19.5 Å². The van der Waals surface area contributed by atoms with Gasteiger partial charge in [0.1, 0.15) is 0 Å². The number of anilines is 1. The van der Waals surface area contributed by atoms with Crippen LogP contribution in [0, 0.1) is 19.8 Å². The van der Waals surface area contributed by atoms with Crippen LogP contribution in [-0.4, -0.2) is 20.8 Å². The summed E-state index contributed by atoms with van der Waals surface area (Å²) in [6, 6.07) is 8.61. The van der Waals surface area contributed by atoms with E-state index in [1.54, 1.807) is 14.2 Å². The van der Waals surface area contributed by atoms with Gasteiger partial charge in [-0.25, -0.2) is 0 Å². The summed E-state index contributed by atoms with van der Waals surface area (Å²) in [6.07, 6.45) is 2.28. The highest BCUT2D eigenvalue weighted by Crippen LogP contribution is 2.51. The van der Waals surface area contributed by atoms with Crippen LogP contribution in [0.25, 0.3) is 0 Å². The Morgan fingerprint density at radius 2 is 1.93 bits per heavy atom. The van der Waals surface area contributed by atoms with Crippen LogP contribution >= 0.6 is 11.6 Å². The summed E-state index contributed by atoms with van der Waals surface area (Å²) in [4.78, 5) is 0. The predicted octanol–water partition coefficient (Wildman–Crippen LogP) is 5.61. The van der Waals surface area contributed by atoms with E-state index < -0.39 is 0 Å². The van der Waals surface area contributed by atoms with Crippen molar-refractivity contribution >= 4 is 17.3 Å².